The van der Waals surface area contributed by atoms with Crippen LogP contribution in [0, 0.1) is 0 Å². The van der Waals surface area contributed by atoms with E-state index in [4.69, 9.17) is 0 Å². The van der Waals surface area contributed by atoms with Crippen molar-refractivity contribution in [2.45, 2.75) is 12.5 Å². The lowest BCUT2D eigenvalue weighted by Gasteiger charge is -2.17. The highest BCUT2D eigenvalue weighted by Gasteiger charge is 2.20. The number of pyridine rings is 1. The van der Waals surface area contributed by atoms with E-state index in [2.05, 4.69) is 30.8 Å². The highest BCUT2D eigenvalue weighted by Crippen LogP contribution is 2.18. The molecular weight excluding hydrogens is 366 g/mol. The molecule has 0 radical (unpaired) electrons. The van der Waals surface area contributed by atoms with Gasteiger partial charge >= 0.3 is 0 Å². The van der Waals surface area contributed by atoms with Gasteiger partial charge in [-0.15, -0.1) is 10.2 Å². The standard InChI is InChI=1S/C17H19N7O2S/c1-27-9-5-12(16-23-22-14-4-2-3-8-24(14)16)21-15(25)11-20-17(26)13-10-18-6-7-19-13/h2-4,6-8,10,12H,5,9,11H2,1H3,(H,20,26)(H,21,25). The highest BCUT2D eigenvalue weighted by atomic mass is 32.2. The van der Waals surface area contributed by atoms with Gasteiger partial charge in [-0.05, 0) is 30.6 Å². The molecule has 3 rings (SSSR count). The zero-order valence-electron chi connectivity index (χ0n) is 14.7. The van der Waals surface area contributed by atoms with Crippen molar-refractivity contribution in [3.05, 3.63) is 54.5 Å². The molecule has 1 unspecified atom stereocenters. The molecule has 3 aromatic heterocycles. The van der Waals surface area contributed by atoms with Crippen LogP contribution in [0.5, 0.6) is 0 Å². The fraction of sp³-hybridized carbons (Fsp3) is 0.294. The Hall–Kier alpha value is -3.01. The Morgan fingerprint density at radius 2 is 2.15 bits per heavy atom. The van der Waals surface area contributed by atoms with E-state index in [1.54, 1.807) is 11.8 Å². The average Bonchev–Trinajstić information content (AvgIpc) is 3.14. The van der Waals surface area contributed by atoms with Gasteiger partial charge in [-0.3, -0.25) is 19.0 Å². The van der Waals surface area contributed by atoms with Crippen molar-refractivity contribution < 1.29 is 9.59 Å². The quantitative estimate of drug-likeness (QED) is 0.591. The number of carbonyl (C=O) groups excluding carboxylic acids is 2. The summed E-state index contributed by atoms with van der Waals surface area (Å²) >= 11 is 1.68. The molecule has 0 aliphatic heterocycles. The molecule has 10 heteroatoms. The van der Waals surface area contributed by atoms with Crippen LogP contribution in [-0.2, 0) is 4.79 Å². The summed E-state index contributed by atoms with van der Waals surface area (Å²) in [5.74, 6) is 0.740. The SMILES string of the molecule is CSCCC(NC(=O)CNC(=O)c1cnccn1)c1nnc2ccccn12. The Morgan fingerprint density at radius 1 is 1.26 bits per heavy atom. The van der Waals surface area contributed by atoms with Gasteiger partial charge in [0, 0.05) is 18.6 Å². The monoisotopic (exact) mass is 385 g/mol. The minimum Gasteiger partial charge on any atom is -0.344 e. The van der Waals surface area contributed by atoms with Crippen LogP contribution < -0.4 is 10.6 Å². The molecule has 1 atom stereocenters. The normalized spacial score (nSPS) is 11.9. The van der Waals surface area contributed by atoms with Gasteiger partial charge in [0.2, 0.25) is 5.91 Å². The summed E-state index contributed by atoms with van der Waals surface area (Å²) in [6, 6.07) is 5.31. The van der Waals surface area contributed by atoms with Gasteiger partial charge in [0.1, 0.15) is 5.69 Å². The topological polar surface area (TPSA) is 114 Å². The number of carbonyl (C=O) groups is 2. The van der Waals surface area contributed by atoms with Gasteiger partial charge in [0.15, 0.2) is 11.5 Å². The molecule has 0 saturated carbocycles. The third-order valence-electron chi connectivity index (χ3n) is 3.80. The average molecular weight is 385 g/mol. The molecule has 3 heterocycles. The Bertz CT molecular complexity index is 916. The minimum absolute atomic E-state index is 0.160. The first-order valence-electron chi connectivity index (χ1n) is 8.31. The predicted molar refractivity (Wildman–Crippen MR) is 101 cm³/mol. The number of rotatable bonds is 8. The predicted octanol–water partition coefficient (Wildman–Crippen LogP) is 0.860. The van der Waals surface area contributed by atoms with Gasteiger partial charge in [-0.2, -0.15) is 11.8 Å². The second-order valence-electron chi connectivity index (χ2n) is 5.66. The number of nitrogens with one attached hydrogen (secondary N) is 2. The number of amides is 2. The van der Waals surface area contributed by atoms with Crippen molar-refractivity contribution in [3.8, 4) is 0 Å². The van der Waals surface area contributed by atoms with Crippen LogP contribution >= 0.6 is 11.8 Å². The van der Waals surface area contributed by atoms with Crippen LogP contribution in [-0.4, -0.2) is 54.9 Å². The van der Waals surface area contributed by atoms with E-state index in [9.17, 15) is 9.59 Å². The maximum absolute atomic E-state index is 12.4. The Morgan fingerprint density at radius 3 is 2.93 bits per heavy atom. The molecule has 2 amide bonds. The van der Waals surface area contributed by atoms with Crippen LogP contribution in [0.4, 0.5) is 0 Å². The summed E-state index contributed by atoms with van der Waals surface area (Å²) in [6.45, 7) is -0.165. The summed E-state index contributed by atoms with van der Waals surface area (Å²) in [7, 11) is 0. The van der Waals surface area contributed by atoms with Crippen LogP contribution in [0.2, 0.25) is 0 Å². The van der Waals surface area contributed by atoms with E-state index in [1.165, 1.54) is 18.6 Å². The number of hydrogen-bond acceptors (Lipinski definition) is 7. The van der Waals surface area contributed by atoms with Crippen molar-refractivity contribution in [2.24, 2.45) is 0 Å². The Balaban J connectivity index is 1.65. The van der Waals surface area contributed by atoms with E-state index in [1.807, 2.05) is 35.1 Å². The Labute approximate surface area is 160 Å². The van der Waals surface area contributed by atoms with E-state index < -0.39 is 5.91 Å². The smallest absolute Gasteiger partial charge is 0.271 e. The summed E-state index contributed by atoms with van der Waals surface area (Å²) in [4.78, 5) is 32.1. The van der Waals surface area contributed by atoms with E-state index >= 15 is 0 Å². The van der Waals surface area contributed by atoms with E-state index in [0.717, 1.165) is 5.75 Å². The number of hydrogen-bond donors (Lipinski definition) is 2. The highest BCUT2D eigenvalue weighted by molar-refractivity contribution is 7.98. The first-order valence-corrected chi connectivity index (χ1v) is 9.70. The van der Waals surface area contributed by atoms with Gasteiger partial charge in [-0.25, -0.2) is 4.98 Å². The number of nitrogens with zero attached hydrogens (tertiary/aromatic N) is 5. The first kappa shape index (κ1) is 18.8. The summed E-state index contributed by atoms with van der Waals surface area (Å²) in [6.07, 6.45) is 8.80. The van der Waals surface area contributed by atoms with Crippen LogP contribution in [0.1, 0.15) is 28.8 Å². The zero-order valence-corrected chi connectivity index (χ0v) is 15.5. The maximum atomic E-state index is 12.4. The van der Waals surface area contributed by atoms with E-state index in [-0.39, 0.29) is 24.2 Å². The maximum Gasteiger partial charge on any atom is 0.271 e. The number of thioether (sulfide) groups is 1. The van der Waals surface area contributed by atoms with Crippen molar-refractivity contribution in [1.82, 2.24) is 35.2 Å². The zero-order chi connectivity index (χ0) is 19.1. The van der Waals surface area contributed by atoms with E-state index in [0.29, 0.717) is 17.9 Å². The largest absolute Gasteiger partial charge is 0.344 e. The lowest BCUT2D eigenvalue weighted by Crippen LogP contribution is -2.39. The van der Waals surface area contributed by atoms with Gasteiger partial charge in [0.05, 0.1) is 18.8 Å². The van der Waals surface area contributed by atoms with Crippen molar-refractivity contribution in [1.29, 1.82) is 0 Å². The third kappa shape index (κ3) is 4.79. The molecular formula is C17H19N7O2S. The second-order valence-corrected chi connectivity index (χ2v) is 6.65. The van der Waals surface area contributed by atoms with Gasteiger partial charge < -0.3 is 10.6 Å². The Kier molecular flexibility index (Phi) is 6.31. The van der Waals surface area contributed by atoms with Crippen molar-refractivity contribution >= 4 is 29.2 Å². The van der Waals surface area contributed by atoms with Crippen LogP contribution in [0.3, 0.4) is 0 Å². The molecule has 0 fully saturated rings. The molecule has 140 valence electrons. The summed E-state index contributed by atoms with van der Waals surface area (Å²) in [5.41, 5.74) is 0.875. The second kappa shape index (κ2) is 9.08. The molecule has 3 aromatic rings. The van der Waals surface area contributed by atoms with Crippen molar-refractivity contribution in [2.75, 3.05) is 18.6 Å². The van der Waals surface area contributed by atoms with Gasteiger partial charge in [0.25, 0.3) is 5.91 Å². The third-order valence-corrected chi connectivity index (χ3v) is 4.45. The molecule has 0 saturated heterocycles. The fourth-order valence-corrected chi connectivity index (χ4v) is 2.98. The first-order chi connectivity index (χ1) is 13.2. The lowest BCUT2D eigenvalue weighted by molar-refractivity contribution is -0.121. The molecule has 9 nitrogen and oxygen atoms in total. The van der Waals surface area contributed by atoms with Crippen LogP contribution in [0.25, 0.3) is 5.65 Å². The van der Waals surface area contributed by atoms with Crippen LogP contribution in [0.15, 0.2) is 43.0 Å². The molecule has 0 bridgehead atoms. The molecule has 27 heavy (non-hydrogen) atoms. The van der Waals surface area contributed by atoms with Gasteiger partial charge in [-0.1, -0.05) is 6.07 Å². The fourth-order valence-electron chi connectivity index (χ4n) is 2.51. The number of aromatic nitrogens is 5. The molecule has 0 spiro atoms. The van der Waals surface area contributed by atoms with Crippen molar-refractivity contribution in [3.63, 3.8) is 0 Å². The molecule has 0 aliphatic rings. The lowest BCUT2D eigenvalue weighted by atomic mass is 10.2. The molecule has 2 N–H and O–H groups in total. The minimum atomic E-state index is -0.452. The molecule has 0 aliphatic carbocycles. The molecule has 0 aromatic carbocycles. The summed E-state index contributed by atoms with van der Waals surface area (Å²) in [5, 5.41) is 13.8. The number of fused-ring (bicyclic) bond motifs is 1. The summed E-state index contributed by atoms with van der Waals surface area (Å²) < 4.78 is 1.85.